The standard InChI is InChI=1S/C13H19NO4S/c1-3-10(14)6-13-17-8-9-4-5-11(19(2,15)16)7-12(9)18-13/h4-5,7,10,13H,3,6,8,14H2,1-2H3. The van der Waals surface area contributed by atoms with Gasteiger partial charge in [-0.1, -0.05) is 13.0 Å². The molecule has 1 heterocycles. The van der Waals surface area contributed by atoms with E-state index in [1.807, 2.05) is 6.92 Å². The second-order valence-electron chi connectivity index (χ2n) is 4.80. The summed E-state index contributed by atoms with van der Waals surface area (Å²) in [5.74, 6) is 0.572. The fraction of sp³-hybridized carbons (Fsp3) is 0.538. The molecule has 2 rings (SSSR count). The van der Waals surface area contributed by atoms with Gasteiger partial charge in [0.15, 0.2) is 9.84 Å². The number of benzene rings is 1. The molecule has 5 nitrogen and oxygen atoms in total. The zero-order chi connectivity index (χ0) is 14.0. The molecule has 1 aliphatic heterocycles. The second-order valence-corrected chi connectivity index (χ2v) is 6.82. The summed E-state index contributed by atoms with van der Waals surface area (Å²) < 4.78 is 34.3. The van der Waals surface area contributed by atoms with Crippen LogP contribution in [0.3, 0.4) is 0 Å². The van der Waals surface area contributed by atoms with E-state index in [2.05, 4.69) is 0 Å². The van der Waals surface area contributed by atoms with Crippen molar-refractivity contribution in [2.24, 2.45) is 5.73 Å². The lowest BCUT2D eigenvalue weighted by molar-refractivity contribution is -0.114. The van der Waals surface area contributed by atoms with Crippen molar-refractivity contribution in [1.29, 1.82) is 0 Å². The Balaban J connectivity index is 2.19. The maximum atomic E-state index is 11.5. The van der Waals surface area contributed by atoms with Crippen molar-refractivity contribution in [3.05, 3.63) is 23.8 Å². The molecule has 0 bridgehead atoms. The molecule has 0 aliphatic carbocycles. The van der Waals surface area contributed by atoms with Crippen molar-refractivity contribution in [2.45, 2.75) is 43.6 Å². The number of nitrogens with two attached hydrogens (primary N) is 1. The van der Waals surface area contributed by atoms with Crippen LogP contribution in [-0.4, -0.2) is 27.0 Å². The topological polar surface area (TPSA) is 78.6 Å². The van der Waals surface area contributed by atoms with Gasteiger partial charge in [-0.2, -0.15) is 0 Å². The molecule has 2 N–H and O–H groups in total. The van der Waals surface area contributed by atoms with Crippen LogP contribution in [0.2, 0.25) is 0 Å². The number of hydrogen-bond donors (Lipinski definition) is 1. The third-order valence-corrected chi connectivity index (χ3v) is 4.28. The van der Waals surface area contributed by atoms with Gasteiger partial charge in [0, 0.05) is 24.3 Å². The van der Waals surface area contributed by atoms with Gasteiger partial charge < -0.3 is 15.2 Å². The van der Waals surface area contributed by atoms with Gasteiger partial charge in [0.05, 0.1) is 11.5 Å². The molecule has 0 fully saturated rings. The van der Waals surface area contributed by atoms with Gasteiger partial charge in [0.1, 0.15) is 5.75 Å². The lowest BCUT2D eigenvalue weighted by atomic mass is 10.1. The van der Waals surface area contributed by atoms with Gasteiger partial charge in [-0.05, 0) is 18.6 Å². The van der Waals surface area contributed by atoms with Crippen LogP contribution >= 0.6 is 0 Å². The molecule has 0 spiro atoms. The highest BCUT2D eigenvalue weighted by atomic mass is 32.2. The number of fused-ring (bicyclic) bond motifs is 1. The van der Waals surface area contributed by atoms with Crippen LogP contribution in [-0.2, 0) is 21.2 Å². The normalized spacial score (nSPS) is 20.5. The van der Waals surface area contributed by atoms with E-state index in [1.54, 1.807) is 18.2 Å². The van der Waals surface area contributed by atoms with Crippen LogP contribution in [0.1, 0.15) is 25.3 Å². The molecule has 1 aromatic rings. The molecular formula is C13H19NO4S. The van der Waals surface area contributed by atoms with Crippen molar-refractivity contribution in [2.75, 3.05) is 6.26 Å². The van der Waals surface area contributed by atoms with E-state index in [4.69, 9.17) is 15.2 Å². The first-order chi connectivity index (χ1) is 8.90. The fourth-order valence-corrected chi connectivity index (χ4v) is 2.52. The third kappa shape index (κ3) is 3.46. The average Bonchev–Trinajstić information content (AvgIpc) is 2.36. The third-order valence-electron chi connectivity index (χ3n) is 3.17. The largest absolute Gasteiger partial charge is 0.464 e. The highest BCUT2D eigenvalue weighted by Crippen LogP contribution is 2.30. The van der Waals surface area contributed by atoms with Crippen LogP contribution in [0.5, 0.6) is 5.75 Å². The summed E-state index contributed by atoms with van der Waals surface area (Å²) >= 11 is 0. The summed E-state index contributed by atoms with van der Waals surface area (Å²) in [6, 6.07) is 4.86. The maximum Gasteiger partial charge on any atom is 0.201 e. The lowest BCUT2D eigenvalue weighted by Gasteiger charge is -2.28. The van der Waals surface area contributed by atoms with Gasteiger partial charge in [0.25, 0.3) is 0 Å². The van der Waals surface area contributed by atoms with Crippen LogP contribution in [0, 0.1) is 0 Å². The smallest absolute Gasteiger partial charge is 0.201 e. The first kappa shape index (κ1) is 14.3. The Kier molecular flexibility index (Phi) is 4.13. The minimum absolute atomic E-state index is 0.0182. The Bertz CT molecular complexity index is 556. The summed E-state index contributed by atoms with van der Waals surface area (Å²) in [6.07, 6.45) is 2.22. The predicted molar refractivity (Wildman–Crippen MR) is 71.6 cm³/mol. The summed E-state index contributed by atoms with van der Waals surface area (Å²) in [6.45, 7) is 2.42. The van der Waals surface area contributed by atoms with Crippen LogP contribution in [0.15, 0.2) is 23.1 Å². The highest BCUT2D eigenvalue weighted by molar-refractivity contribution is 7.90. The fourth-order valence-electron chi connectivity index (χ4n) is 1.88. The molecule has 2 unspecified atom stereocenters. The van der Waals surface area contributed by atoms with Crippen molar-refractivity contribution in [3.8, 4) is 5.75 Å². The summed E-state index contributed by atoms with van der Waals surface area (Å²) in [5.41, 5.74) is 6.72. The molecule has 0 saturated carbocycles. The Morgan fingerprint density at radius 3 is 2.84 bits per heavy atom. The summed E-state index contributed by atoms with van der Waals surface area (Å²) in [5, 5.41) is 0. The molecule has 0 aromatic heterocycles. The van der Waals surface area contributed by atoms with E-state index in [-0.39, 0.29) is 10.9 Å². The van der Waals surface area contributed by atoms with Crippen molar-refractivity contribution in [3.63, 3.8) is 0 Å². The Hall–Kier alpha value is -1.11. The lowest BCUT2D eigenvalue weighted by Crippen LogP contribution is -2.33. The first-order valence-corrected chi connectivity index (χ1v) is 8.16. The maximum absolute atomic E-state index is 11.5. The van der Waals surface area contributed by atoms with Gasteiger partial charge in [-0.15, -0.1) is 0 Å². The Morgan fingerprint density at radius 1 is 1.47 bits per heavy atom. The van der Waals surface area contributed by atoms with E-state index >= 15 is 0 Å². The van der Waals surface area contributed by atoms with E-state index in [9.17, 15) is 8.42 Å². The molecule has 2 atom stereocenters. The van der Waals surface area contributed by atoms with E-state index < -0.39 is 16.1 Å². The molecule has 1 aliphatic rings. The zero-order valence-corrected chi connectivity index (χ0v) is 11.9. The van der Waals surface area contributed by atoms with Gasteiger partial charge in [-0.3, -0.25) is 0 Å². The Labute approximate surface area is 113 Å². The molecule has 0 amide bonds. The number of sulfone groups is 1. The van der Waals surface area contributed by atoms with Crippen LogP contribution < -0.4 is 10.5 Å². The van der Waals surface area contributed by atoms with E-state index in [0.29, 0.717) is 18.8 Å². The molecule has 0 radical (unpaired) electrons. The minimum Gasteiger partial charge on any atom is -0.464 e. The zero-order valence-electron chi connectivity index (χ0n) is 11.1. The van der Waals surface area contributed by atoms with Gasteiger partial charge >= 0.3 is 0 Å². The molecule has 19 heavy (non-hydrogen) atoms. The van der Waals surface area contributed by atoms with Crippen LogP contribution in [0.25, 0.3) is 0 Å². The molecule has 6 heteroatoms. The average molecular weight is 285 g/mol. The predicted octanol–water partition coefficient (Wildman–Crippen LogP) is 1.45. The number of rotatable bonds is 4. The van der Waals surface area contributed by atoms with Crippen molar-refractivity contribution in [1.82, 2.24) is 0 Å². The summed E-state index contributed by atoms with van der Waals surface area (Å²) in [4.78, 5) is 0.256. The van der Waals surface area contributed by atoms with E-state index in [0.717, 1.165) is 12.0 Å². The molecular weight excluding hydrogens is 266 g/mol. The van der Waals surface area contributed by atoms with Gasteiger partial charge in [0.2, 0.25) is 6.29 Å². The quantitative estimate of drug-likeness (QED) is 0.906. The molecule has 106 valence electrons. The highest BCUT2D eigenvalue weighted by Gasteiger charge is 2.23. The minimum atomic E-state index is -3.23. The van der Waals surface area contributed by atoms with Crippen LogP contribution in [0.4, 0.5) is 0 Å². The summed E-state index contributed by atoms with van der Waals surface area (Å²) in [7, 11) is -3.23. The van der Waals surface area contributed by atoms with Crippen molar-refractivity contribution < 1.29 is 17.9 Å². The number of ether oxygens (including phenoxy) is 2. The first-order valence-electron chi connectivity index (χ1n) is 6.27. The second kappa shape index (κ2) is 5.48. The molecule has 1 aromatic carbocycles. The SMILES string of the molecule is CCC(N)CC1OCc2ccc(S(C)(=O)=O)cc2O1. The Morgan fingerprint density at radius 2 is 2.21 bits per heavy atom. The van der Waals surface area contributed by atoms with E-state index in [1.165, 1.54) is 6.26 Å². The number of hydrogen-bond acceptors (Lipinski definition) is 5. The monoisotopic (exact) mass is 285 g/mol. The van der Waals surface area contributed by atoms with Crippen molar-refractivity contribution >= 4 is 9.84 Å². The van der Waals surface area contributed by atoms with Gasteiger partial charge in [-0.25, -0.2) is 8.42 Å². The molecule has 0 saturated heterocycles.